The average molecular weight is 423 g/mol. The van der Waals surface area contributed by atoms with Gasteiger partial charge < -0.3 is 9.64 Å². The summed E-state index contributed by atoms with van der Waals surface area (Å²) in [7, 11) is 1.83. The maximum absolute atomic E-state index is 5.84. The molecule has 0 bridgehead atoms. The fraction of sp³-hybridized carbons (Fsp3) is 0.760. The van der Waals surface area contributed by atoms with Crippen molar-refractivity contribution in [2.75, 3.05) is 44.7 Å². The number of ether oxygens (including phenoxy) is 1. The van der Waals surface area contributed by atoms with E-state index in [-0.39, 0.29) is 12.4 Å². The van der Waals surface area contributed by atoms with Gasteiger partial charge in [0, 0.05) is 26.2 Å². The van der Waals surface area contributed by atoms with Gasteiger partial charge in [-0.1, -0.05) is 40.2 Å². The van der Waals surface area contributed by atoms with Gasteiger partial charge in [0.1, 0.15) is 5.75 Å². The molecular weight excluding hydrogens is 380 g/mol. The second-order valence-electron chi connectivity index (χ2n) is 10.0. The molecule has 3 nitrogen and oxygen atoms in total. The van der Waals surface area contributed by atoms with Gasteiger partial charge in [-0.3, -0.25) is 4.90 Å². The highest BCUT2D eigenvalue weighted by Gasteiger charge is 2.30. The van der Waals surface area contributed by atoms with Crippen LogP contribution in [0.3, 0.4) is 0 Å². The minimum absolute atomic E-state index is 0. The molecule has 1 aliphatic carbocycles. The SMILES string of the molecule is CCCCN1CCN(c2ccc(C3CCC(C(C)(C)C)CC3)cc2OC)CC1.Cl. The first-order chi connectivity index (χ1) is 13.4. The highest BCUT2D eigenvalue weighted by molar-refractivity contribution is 5.85. The molecule has 1 aliphatic heterocycles. The number of piperazine rings is 1. The Labute approximate surface area is 185 Å². The van der Waals surface area contributed by atoms with Crippen molar-refractivity contribution in [1.82, 2.24) is 4.90 Å². The predicted molar refractivity (Wildman–Crippen MR) is 128 cm³/mol. The second kappa shape index (κ2) is 10.9. The van der Waals surface area contributed by atoms with Crippen molar-refractivity contribution in [3.63, 3.8) is 0 Å². The first-order valence-electron chi connectivity index (χ1n) is 11.6. The van der Waals surface area contributed by atoms with Crippen LogP contribution in [0.2, 0.25) is 0 Å². The van der Waals surface area contributed by atoms with Crippen molar-refractivity contribution in [2.45, 2.75) is 72.1 Å². The predicted octanol–water partition coefficient (Wildman–Crippen LogP) is 6.36. The molecule has 0 N–H and O–H groups in total. The van der Waals surface area contributed by atoms with Crippen molar-refractivity contribution < 1.29 is 4.74 Å². The van der Waals surface area contributed by atoms with Gasteiger partial charge in [0.05, 0.1) is 12.8 Å². The standard InChI is InChI=1S/C25H42N2O.ClH/c1-6-7-14-26-15-17-27(18-16-26)23-13-10-21(19-24(23)28-5)20-8-11-22(12-9-20)25(2,3)4;/h10,13,19-20,22H,6-9,11-12,14-18H2,1-5H3;1H. The Kier molecular flexibility index (Phi) is 9.15. The van der Waals surface area contributed by atoms with Crippen molar-refractivity contribution >= 4 is 18.1 Å². The number of nitrogens with zero attached hydrogens (tertiary/aromatic N) is 2. The Bertz CT molecular complexity index is 612. The van der Waals surface area contributed by atoms with Gasteiger partial charge in [-0.25, -0.2) is 0 Å². The van der Waals surface area contributed by atoms with Crippen LogP contribution in [0.4, 0.5) is 5.69 Å². The molecule has 0 amide bonds. The first kappa shape index (κ1) is 24.3. The van der Waals surface area contributed by atoms with Crippen LogP contribution < -0.4 is 9.64 Å². The number of benzene rings is 1. The molecule has 2 aliphatic rings. The zero-order valence-electron chi connectivity index (χ0n) is 19.4. The summed E-state index contributed by atoms with van der Waals surface area (Å²) in [4.78, 5) is 5.12. The van der Waals surface area contributed by atoms with Gasteiger partial charge >= 0.3 is 0 Å². The van der Waals surface area contributed by atoms with E-state index in [9.17, 15) is 0 Å². The van der Waals surface area contributed by atoms with E-state index in [1.807, 2.05) is 7.11 Å². The van der Waals surface area contributed by atoms with Gasteiger partial charge in [-0.2, -0.15) is 0 Å². The van der Waals surface area contributed by atoms with Crippen molar-refractivity contribution in [3.05, 3.63) is 23.8 Å². The lowest BCUT2D eigenvalue weighted by atomic mass is 9.68. The molecule has 2 fully saturated rings. The van der Waals surface area contributed by atoms with Crippen LogP contribution in [-0.2, 0) is 0 Å². The van der Waals surface area contributed by atoms with Gasteiger partial charge in [0.25, 0.3) is 0 Å². The third kappa shape index (κ3) is 6.28. The normalized spacial score (nSPS) is 23.6. The summed E-state index contributed by atoms with van der Waals surface area (Å²) in [6, 6.07) is 7.04. The van der Waals surface area contributed by atoms with Gasteiger partial charge in [0.2, 0.25) is 0 Å². The van der Waals surface area contributed by atoms with Crippen LogP contribution in [0.25, 0.3) is 0 Å². The van der Waals surface area contributed by atoms with E-state index in [0.717, 1.165) is 24.8 Å². The number of rotatable bonds is 6. The molecule has 1 saturated carbocycles. The Balaban J connectivity index is 0.00000300. The van der Waals surface area contributed by atoms with Crippen LogP contribution in [0, 0.1) is 11.3 Å². The van der Waals surface area contributed by atoms with E-state index in [0.29, 0.717) is 11.3 Å². The third-order valence-corrected chi connectivity index (χ3v) is 7.17. The monoisotopic (exact) mass is 422 g/mol. The van der Waals surface area contributed by atoms with E-state index >= 15 is 0 Å². The Morgan fingerprint density at radius 3 is 2.21 bits per heavy atom. The number of hydrogen-bond donors (Lipinski definition) is 0. The summed E-state index contributed by atoms with van der Waals surface area (Å²) in [6.45, 7) is 15.3. The number of hydrogen-bond acceptors (Lipinski definition) is 3. The van der Waals surface area contributed by atoms with Gasteiger partial charge in [-0.05, 0) is 73.6 Å². The molecule has 0 spiro atoms. The summed E-state index contributed by atoms with van der Waals surface area (Å²) in [5, 5.41) is 0. The second-order valence-corrected chi connectivity index (χ2v) is 10.0. The lowest BCUT2D eigenvalue weighted by Crippen LogP contribution is -2.46. The lowest BCUT2D eigenvalue weighted by Gasteiger charge is -2.38. The summed E-state index contributed by atoms with van der Waals surface area (Å²) in [5.41, 5.74) is 3.21. The Hall–Kier alpha value is -0.930. The first-order valence-corrected chi connectivity index (χ1v) is 11.6. The molecule has 0 radical (unpaired) electrons. The quantitative estimate of drug-likeness (QED) is 0.530. The van der Waals surface area contributed by atoms with Crippen LogP contribution in [0.15, 0.2) is 18.2 Å². The van der Waals surface area contributed by atoms with Crippen molar-refractivity contribution in [2.24, 2.45) is 11.3 Å². The molecule has 1 aromatic rings. The van der Waals surface area contributed by atoms with Gasteiger partial charge in [0.15, 0.2) is 0 Å². The fourth-order valence-corrected chi connectivity index (χ4v) is 5.10. The van der Waals surface area contributed by atoms with Crippen LogP contribution in [0.1, 0.15) is 77.7 Å². The number of unbranched alkanes of at least 4 members (excludes halogenated alkanes) is 1. The maximum Gasteiger partial charge on any atom is 0.142 e. The van der Waals surface area contributed by atoms with E-state index < -0.39 is 0 Å². The molecule has 166 valence electrons. The highest BCUT2D eigenvalue weighted by atomic mass is 35.5. The summed E-state index contributed by atoms with van der Waals surface area (Å²) in [6.07, 6.45) is 7.96. The topological polar surface area (TPSA) is 15.7 Å². The molecule has 1 saturated heterocycles. The van der Waals surface area contributed by atoms with Gasteiger partial charge in [-0.15, -0.1) is 12.4 Å². The van der Waals surface area contributed by atoms with Crippen LogP contribution >= 0.6 is 12.4 Å². The zero-order valence-corrected chi connectivity index (χ0v) is 20.2. The smallest absolute Gasteiger partial charge is 0.142 e. The molecule has 29 heavy (non-hydrogen) atoms. The van der Waals surface area contributed by atoms with Crippen molar-refractivity contribution in [3.8, 4) is 5.75 Å². The van der Waals surface area contributed by atoms with E-state index in [1.54, 1.807) is 0 Å². The molecular formula is C25H43ClN2O. The highest BCUT2D eigenvalue weighted by Crippen LogP contribution is 2.44. The number of halogens is 1. The van der Waals surface area contributed by atoms with E-state index in [2.05, 4.69) is 55.7 Å². The maximum atomic E-state index is 5.84. The fourth-order valence-electron chi connectivity index (χ4n) is 5.10. The van der Waals surface area contributed by atoms with E-state index in [1.165, 1.54) is 69.4 Å². The molecule has 1 aromatic carbocycles. The van der Waals surface area contributed by atoms with Crippen LogP contribution in [0.5, 0.6) is 5.75 Å². The Morgan fingerprint density at radius 2 is 1.66 bits per heavy atom. The van der Waals surface area contributed by atoms with Crippen LogP contribution in [-0.4, -0.2) is 44.7 Å². The lowest BCUT2D eigenvalue weighted by molar-refractivity contribution is 0.169. The third-order valence-electron chi connectivity index (χ3n) is 7.17. The van der Waals surface area contributed by atoms with E-state index in [4.69, 9.17) is 4.74 Å². The molecule has 0 atom stereocenters. The minimum Gasteiger partial charge on any atom is -0.495 e. The average Bonchev–Trinajstić information content (AvgIpc) is 2.71. The molecule has 1 heterocycles. The minimum atomic E-state index is 0. The largest absolute Gasteiger partial charge is 0.495 e. The molecule has 0 unspecified atom stereocenters. The molecule has 4 heteroatoms. The molecule has 0 aromatic heterocycles. The summed E-state index contributed by atoms with van der Waals surface area (Å²) in [5.74, 6) is 2.64. The zero-order chi connectivity index (χ0) is 20.1. The van der Waals surface area contributed by atoms with Crippen molar-refractivity contribution in [1.29, 1.82) is 0 Å². The molecule has 3 rings (SSSR count). The number of anilines is 1. The summed E-state index contributed by atoms with van der Waals surface area (Å²) < 4.78 is 5.84. The summed E-state index contributed by atoms with van der Waals surface area (Å²) >= 11 is 0. The number of methoxy groups -OCH3 is 1. The Morgan fingerprint density at radius 1 is 1.00 bits per heavy atom.